The van der Waals surface area contributed by atoms with E-state index in [1.165, 1.54) is 25.7 Å². The first-order valence-electron chi connectivity index (χ1n) is 7.70. The first-order chi connectivity index (χ1) is 9.57. The van der Waals surface area contributed by atoms with Gasteiger partial charge in [-0.15, -0.1) is 12.4 Å². The second kappa shape index (κ2) is 6.37. The van der Waals surface area contributed by atoms with Crippen molar-refractivity contribution in [2.45, 2.75) is 38.1 Å². The standard InChI is InChI=1S/C17H24N2O.ClH/c1-17(18,15-5-3-2-4-6-15)16(20)19-11-14-10-12-7-8-13(14)9-12;/h2-6,12-14H,7-11,18H2,1H3,(H,19,20);1H. The van der Waals surface area contributed by atoms with Gasteiger partial charge in [0.05, 0.1) is 0 Å². The van der Waals surface area contributed by atoms with Crippen LogP contribution in [-0.4, -0.2) is 12.5 Å². The third-order valence-corrected chi connectivity index (χ3v) is 5.25. The van der Waals surface area contributed by atoms with E-state index in [1.54, 1.807) is 6.92 Å². The maximum atomic E-state index is 12.4. The molecule has 2 bridgehead atoms. The Hall–Kier alpha value is -1.06. The molecule has 21 heavy (non-hydrogen) atoms. The molecule has 4 atom stereocenters. The molecule has 116 valence electrons. The molecule has 3 rings (SSSR count). The Bertz CT molecular complexity index is 489. The fraction of sp³-hybridized carbons (Fsp3) is 0.588. The molecule has 4 unspecified atom stereocenters. The molecular weight excluding hydrogens is 284 g/mol. The van der Waals surface area contributed by atoms with Crippen molar-refractivity contribution in [3.05, 3.63) is 35.9 Å². The summed E-state index contributed by atoms with van der Waals surface area (Å²) in [5.74, 6) is 2.36. The topological polar surface area (TPSA) is 55.1 Å². The van der Waals surface area contributed by atoms with Crippen LogP contribution in [0.1, 0.15) is 38.2 Å². The van der Waals surface area contributed by atoms with Gasteiger partial charge in [0.1, 0.15) is 5.54 Å². The van der Waals surface area contributed by atoms with Crippen molar-refractivity contribution in [2.75, 3.05) is 6.54 Å². The van der Waals surface area contributed by atoms with E-state index in [0.29, 0.717) is 5.92 Å². The zero-order valence-electron chi connectivity index (χ0n) is 12.5. The molecule has 1 aromatic carbocycles. The summed E-state index contributed by atoms with van der Waals surface area (Å²) in [6, 6.07) is 9.61. The van der Waals surface area contributed by atoms with Crippen LogP contribution in [0, 0.1) is 17.8 Å². The molecule has 2 aliphatic carbocycles. The number of nitrogens with one attached hydrogen (secondary N) is 1. The summed E-state index contributed by atoms with van der Waals surface area (Å²) in [6.07, 6.45) is 5.41. The van der Waals surface area contributed by atoms with Crippen LogP contribution in [0.3, 0.4) is 0 Å². The number of carbonyl (C=O) groups is 1. The lowest BCUT2D eigenvalue weighted by Gasteiger charge is -2.27. The van der Waals surface area contributed by atoms with Crippen molar-refractivity contribution < 1.29 is 4.79 Å². The van der Waals surface area contributed by atoms with Gasteiger partial charge in [0, 0.05) is 6.54 Å². The Balaban J connectivity index is 0.00000161. The van der Waals surface area contributed by atoms with Gasteiger partial charge in [0.2, 0.25) is 5.91 Å². The molecule has 3 N–H and O–H groups in total. The Morgan fingerprint density at radius 2 is 2.00 bits per heavy atom. The lowest BCUT2D eigenvalue weighted by atomic mass is 9.88. The summed E-state index contributed by atoms with van der Waals surface area (Å²) in [4.78, 5) is 12.4. The van der Waals surface area contributed by atoms with E-state index in [4.69, 9.17) is 5.73 Å². The van der Waals surface area contributed by atoms with Crippen molar-refractivity contribution in [1.82, 2.24) is 5.32 Å². The van der Waals surface area contributed by atoms with E-state index in [2.05, 4.69) is 5.32 Å². The number of hydrogen-bond acceptors (Lipinski definition) is 2. The van der Waals surface area contributed by atoms with Crippen molar-refractivity contribution >= 4 is 18.3 Å². The molecule has 0 spiro atoms. The first kappa shape index (κ1) is 16.3. The molecule has 3 nitrogen and oxygen atoms in total. The molecule has 0 heterocycles. The van der Waals surface area contributed by atoms with Crippen molar-refractivity contribution in [1.29, 1.82) is 0 Å². The molecule has 2 aliphatic rings. The van der Waals surface area contributed by atoms with E-state index < -0.39 is 5.54 Å². The third-order valence-electron chi connectivity index (χ3n) is 5.25. The average molecular weight is 309 g/mol. The minimum atomic E-state index is -0.946. The second-order valence-electron chi connectivity index (χ2n) is 6.71. The molecule has 1 aromatic rings. The number of amides is 1. The highest BCUT2D eigenvalue weighted by Gasteiger charge is 2.40. The zero-order valence-corrected chi connectivity index (χ0v) is 13.4. The van der Waals surface area contributed by atoms with Gasteiger partial charge < -0.3 is 11.1 Å². The lowest BCUT2D eigenvalue weighted by Crippen LogP contribution is -2.50. The van der Waals surface area contributed by atoms with Crippen LogP contribution >= 0.6 is 12.4 Å². The smallest absolute Gasteiger partial charge is 0.244 e. The second-order valence-corrected chi connectivity index (χ2v) is 6.71. The SMILES string of the molecule is CC(N)(C(=O)NCC1CC2CCC1C2)c1ccccc1.Cl. The molecule has 0 aliphatic heterocycles. The molecule has 0 aromatic heterocycles. The van der Waals surface area contributed by atoms with Crippen molar-refractivity contribution in [3.8, 4) is 0 Å². The predicted molar refractivity (Wildman–Crippen MR) is 87.2 cm³/mol. The van der Waals surface area contributed by atoms with Gasteiger partial charge >= 0.3 is 0 Å². The van der Waals surface area contributed by atoms with Crippen LogP contribution < -0.4 is 11.1 Å². The van der Waals surface area contributed by atoms with Gasteiger partial charge in [-0.25, -0.2) is 0 Å². The van der Waals surface area contributed by atoms with Gasteiger partial charge in [-0.1, -0.05) is 36.8 Å². The van der Waals surface area contributed by atoms with Gasteiger partial charge in [0.15, 0.2) is 0 Å². The van der Waals surface area contributed by atoms with Crippen LogP contribution in [0.25, 0.3) is 0 Å². The average Bonchev–Trinajstić information content (AvgIpc) is 3.08. The minimum absolute atomic E-state index is 0. The highest BCUT2D eigenvalue weighted by atomic mass is 35.5. The van der Waals surface area contributed by atoms with Gasteiger partial charge in [-0.3, -0.25) is 4.79 Å². The summed E-state index contributed by atoms with van der Waals surface area (Å²) in [6.45, 7) is 2.58. The molecule has 0 saturated heterocycles. The molecular formula is C17H25ClN2O. The number of halogens is 1. The first-order valence-corrected chi connectivity index (χ1v) is 7.70. The van der Waals surface area contributed by atoms with E-state index in [0.717, 1.165) is 23.9 Å². The normalized spacial score (nSPS) is 29.5. The quantitative estimate of drug-likeness (QED) is 0.898. The number of nitrogens with two attached hydrogens (primary N) is 1. The predicted octanol–water partition coefficient (Wildman–Crippen LogP) is 2.83. The highest BCUT2D eigenvalue weighted by Crippen LogP contribution is 2.47. The van der Waals surface area contributed by atoms with E-state index in [1.807, 2.05) is 30.3 Å². The Morgan fingerprint density at radius 1 is 1.29 bits per heavy atom. The van der Waals surface area contributed by atoms with E-state index in [-0.39, 0.29) is 18.3 Å². The van der Waals surface area contributed by atoms with Gasteiger partial charge in [-0.05, 0) is 49.5 Å². The molecule has 2 fully saturated rings. The summed E-state index contributed by atoms with van der Waals surface area (Å²) >= 11 is 0. The molecule has 0 radical (unpaired) electrons. The Kier molecular flexibility index (Phi) is 4.95. The zero-order chi connectivity index (χ0) is 14.2. The number of benzene rings is 1. The summed E-state index contributed by atoms with van der Waals surface area (Å²) in [7, 11) is 0. The summed E-state index contributed by atoms with van der Waals surface area (Å²) in [5.41, 5.74) is 6.15. The number of carbonyl (C=O) groups excluding carboxylic acids is 1. The van der Waals surface area contributed by atoms with E-state index in [9.17, 15) is 4.79 Å². The summed E-state index contributed by atoms with van der Waals surface area (Å²) in [5, 5.41) is 3.08. The lowest BCUT2D eigenvalue weighted by molar-refractivity contribution is -0.126. The molecule has 2 saturated carbocycles. The van der Waals surface area contributed by atoms with Crippen molar-refractivity contribution in [3.63, 3.8) is 0 Å². The van der Waals surface area contributed by atoms with Crippen molar-refractivity contribution in [2.24, 2.45) is 23.5 Å². The number of hydrogen-bond donors (Lipinski definition) is 2. The van der Waals surface area contributed by atoms with Gasteiger partial charge in [-0.2, -0.15) is 0 Å². The summed E-state index contributed by atoms with van der Waals surface area (Å²) < 4.78 is 0. The minimum Gasteiger partial charge on any atom is -0.354 e. The van der Waals surface area contributed by atoms with E-state index >= 15 is 0 Å². The van der Waals surface area contributed by atoms with Crippen LogP contribution in [-0.2, 0) is 10.3 Å². The maximum Gasteiger partial charge on any atom is 0.244 e. The molecule has 1 amide bonds. The number of rotatable bonds is 4. The monoisotopic (exact) mass is 308 g/mol. The highest BCUT2D eigenvalue weighted by molar-refractivity contribution is 5.87. The maximum absolute atomic E-state index is 12.4. The van der Waals surface area contributed by atoms with Gasteiger partial charge in [0.25, 0.3) is 0 Å². The Labute approximate surface area is 133 Å². The van der Waals surface area contributed by atoms with Crippen LogP contribution in [0.5, 0.6) is 0 Å². The van der Waals surface area contributed by atoms with Crippen LogP contribution in [0.15, 0.2) is 30.3 Å². The number of fused-ring (bicyclic) bond motifs is 2. The molecule has 4 heteroatoms. The fourth-order valence-electron chi connectivity index (χ4n) is 3.95. The third kappa shape index (κ3) is 3.24. The fourth-order valence-corrected chi connectivity index (χ4v) is 3.95. The largest absolute Gasteiger partial charge is 0.354 e. The van der Waals surface area contributed by atoms with Crippen LogP contribution in [0.2, 0.25) is 0 Å². The van der Waals surface area contributed by atoms with Crippen LogP contribution in [0.4, 0.5) is 0 Å². The Morgan fingerprint density at radius 3 is 2.57 bits per heavy atom.